The Morgan fingerprint density at radius 3 is 2.72 bits per heavy atom. The number of sulfonamides is 1. The first-order valence-corrected chi connectivity index (χ1v) is 7.41. The molecule has 1 atom stereocenters. The average molecular weight is 288 g/mol. The van der Waals surface area contributed by atoms with Gasteiger partial charge in [0.15, 0.2) is 4.21 Å². The van der Waals surface area contributed by atoms with Crippen LogP contribution in [0.25, 0.3) is 0 Å². The number of aromatic nitrogens is 3. The fraction of sp³-hybridized carbons (Fsp3) is 0.333. The fourth-order valence-corrected chi connectivity index (χ4v) is 4.05. The Kier molecular flexibility index (Phi) is 3.37. The first-order chi connectivity index (χ1) is 8.40. The van der Waals surface area contributed by atoms with Gasteiger partial charge in [0.05, 0.1) is 6.20 Å². The summed E-state index contributed by atoms with van der Waals surface area (Å²) < 4.78 is 26.7. The molecule has 0 fully saturated rings. The van der Waals surface area contributed by atoms with E-state index in [1.165, 1.54) is 0 Å². The van der Waals surface area contributed by atoms with Crippen molar-refractivity contribution < 1.29 is 8.42 Å². The lowest BCUT2D eigenvalue weighted by atomic mass is 10.2. The van der Waals surface area contributed by atoms with Gasteiger partial charge in [-0.05, 0) is 13.8 Å². The van der Waals surface area contributed by atoms with Gasteiger partial charge in [-0.2, -0.15) is 5.10 Å². The molecule has 2 heterocycles. The molecule has 98 valence electrons. The Balaban J connectivity index is 2.28. The van der Waals surface area contributed by atoms with Crippen molar-refractivity contribution in [2.45, 2.75) is 24.1 Å². The number of nitrogens with one attached hydrogen (secondary N) is 3. The maximum Gasteiger partial charge on any atom is 0.305 e. The summed E-state index contributed by atoms with van der Waals surface area (Å²) in [5.74, 6) is 0. The number of thiazole rings is 1. The molecule has 2 aromatic heterocycles. The summed E-state index contributed by atoms with van der Waals surface area (Å²) in [4.78, 5) is 13.2. The smallest absolute Gasteiger partial charge is 0.305 e. The second-order valence-electron chi connectivity index (χ2n) is 3.80. The largest absolute Gasteiger partial charge is 0.315 e. The molecule has 9 heteroatoms. The Hall–Kier alpha value is -1.45. The van der Waals surface area contributed by atoms with Crippen LogP contribution in [0.2, 0.25) is 0 Å². The van der Waals surface area contributed by atoms with Crippen molar-refractivity contribution in [2.24, 2.45) is 0 Å². The summed E-state index contributed by atoms with van der Waals surface area (Å²) in [7, 11) is -3.70. The Bertz CT molecular complexity index is 684. The zero-order chi connectivity index (χ0) is 13.3. The van der Waals surface area contributed by atoms with Crippen LogP contribution in [0.4, 0.5) is 0 Å². The van der Waals surface area contributed by atoms with Gasteiger partial charge < -0.3 is 4.98 Å². The van der Waals surface area contributed by atoms with Crippen molar-refractivity contribution in [1.29, 1.82) is 0 Å². The molecule has 0 amide bonds. The normalized spacial score (nSPS) is 13.7. The van der Waals surface area contributed by atoms with Gasteiger partial charge in [0, 0.05) is 23.5 Å². The van der Waals surface area contributed by atoms with Gasteiger partial charge in [-0.1, -0.05) is 11.3 Å². The molecule has 0 aliphatic carbocycles. The SMILES string of the molecule is Cc1[nH]c(=O)sc1S(=O)(=O)NC(C)c1cn[nH]c1. The van der Waals surface area contributed by atoms with Crippen molar-refractivity contribution in [2.75, 3.05) is 0 Å². The van der Waals surface area contributed by atoms with Gasteiger partial charge >= 0.3 is 4.87 Å². The van der Waals surface area contributed by atoms with E-state index in [1.54, 1.807) is 26.2 Å². The number of aromatic amines is 2. The summed E-state index contributed by atoms with van der Waals surface area (Å²) in [5.41, 5.74) is 1.07. The second-order valence-corrected chi connectivity index (χ2v) is 6.69. The second kappa shape index (κ2) is 4.67. The maximum absolute atomic E-state index is 12.1. The van der Waals surface area contributed by atoms with E-state index in [0.717, 1.165) is 5.56 Å². The molecule has 18 heavy (non-hydrogen) atoms. The lowest BCUT2D eigenvalue weighted by molar-refractivity contribution is 0.568. The van der Waals surface area contributed by atoms with Crippen LogP contribution in [0.1, 0.15) is 24.2 Å². The third-order valence-electron chi connectivity index (χ3n) is 2.38. The van der Waals surface area contributed by atoms with Gasteiger partial charge in [0.25, 0.3) is 10.0 Å². The highest BCUT2D eigenvalue weighted by molar-refractivity contribution is 7.91. The van der Waals surface area contributed by atoms with Crippen LogP contribution in [0.3, 0.4) is 0 Å². The van der Waals surface area contributed by atoms with E-state index in [9.17, 15) is 13.2 Å². The van der Waals surface area contributed by atoms with Crippen LogP contribution in [0, 0.1) is 6.92 Å². The van der Waals surface area contributed by atoms with E-state index in [4.69, 9.17) is 0 Å². The van der Waals surface area contributed by atoms with Crippen molar-refractivity contribution in [3.05, 3.63) is 33.3 Å². The zero-order valence-electron chi connectivity index (χ0n) is 9.72. The molecule has 0 saturated carbocycles. The van der Waals surface area contributed by atoms with Crippen LogP contribution in [0.5, 0.6) is 0 Å². The molecule has 1 unspecified atom stereocenters. The van der Waals surface area contributed by atoms with Crippen LogP contribution >= 0.6 is 11.3 Å². The Morgan fingerprint density at radius 1 is 1.50 bits per heavy atom. The van der Waals surface area contributed by atoms with Crippen molar-refractivity contribution >= 4 is 21.4 Å². The van der Waals surface area contributed by atoms with E-state index in [2.05, 4.69) is 19.9 Å². The zero-order valence-corrected chi connectivity index (χ0v) is 11.4. The molecule has 2 rings (SSSR count). The highest BCUT2D eigenvalue weighted by atomic mass is 32.2. The summed E-state index contributed by atoms with van der Waals surface area (Å²) in [6.07, 6.45) is 3.15. The van der Waals surface area contributed by atoms with Gasteiger partial charge in [-0.15, -0.1) is 0 Å². The summed E-state index contributed by atoms with van der Waals surface area (Å²) in [6.45, 7) is 3.25. The van der Waals surface area contributed by atoms with E-state index in [1.807, 2.05) is 0 Å². The van der Waals surface area contributed by atoms with Gasteiger partial charge in [0.1, 0.15) is 0 Å². The summed E-state index contributed by atoms with van der Waals surface area (Å²) in [6, 6.07) is -0.426. The predicted molar refractivity (Wildman–Crippen MR) is 67.0 cm³/mol. The van der Waals surface area contributed by atoms with E-state index >= 15 is 0 Å². The Morgan fingerprint density at radius 2 is 2.22 bits per heavy atom. The number of nitrogens with zero attached hydrogens (tertiary/aromatic N) is 1. The van der Waals surface area contributed by atoms with Crippen LogP contribution in [-0.2, 0) is 10.0 Å². The predicted octanol–water partition coefficient (Wildman–Crippen LogP) is 0.507. The van der Waals surface area contributed by atoms with Gasteiger partial charge in [-0.3, -0.25) is 9.89 Å². The molecule has 2 aromatic rings. The van der Waals surface area contributed by atoms with Crippen molar-refractivity contribution in [1.82, 2.24) is 19.9 Å². The van der Waals surface area contributed by atoms with Crippen LogP contribution in [-0.4, -0.2) is 23.6 Å². The quantitative estimate of drug-likeness (QED) is 0.761. The molecular formula is C9H12N4O3S2. The third-order valence-corrected chi connectivity index (χ3v) is 5.52. The first kappa shape index (κ1) is 13.0. The minimum atomic E-state index is -3.70. The minimum Gasteiger partial charge on any atom is -0.315 e. The summed E-state index contributed by atoms with van der Waals surface area (Å²) >= 11 is 0.676. The average Bonchev–Trinajstić information content (AvgIpc) is 2.86. The molecular weight excluding hydrogens is 276 g/mol. The molecule has 7 nitrogen and oxygen atoms in total. The highest BCUT2D eigenvalue weighted by Gasteiger charge is 2.23. The molecule has 0 radical (unpaired) electrons. The lowest BCUT2D eigenvalue weighted by Gasteiger charge is -2.11. The van der Waals surface area contributed by atoms with E-state index < -0.39 is 16.1 Å². The standard InChI is InChI=1S/C9H12N4O3S2/c1-5(7-3-10-11-4-7)13-18(15,16)8-6(2)12-9(14)17-8/h3-5,13H,1-2H3,(H,10,11)(H,12,14). The first-order valence-electron chi connectivity index (χ1n) is 5.11. The summed E-state index contributed by atoms with van der Waals surface area (Å²) in [5, 5.41) is 6.37. The number of H-pyrrole nitrogens is 2. The highest BCUT2D eigenvalue weighted by Crippen LogP contribution is 2.19. The fourth-order valence-electron chi connectivity index (χ4n) is 1.50. The Labute approximate surface area is 107 Å². The van der Waals surface area contributed by atoms with Gasteiger partial charge in [0.2, 0.25) is 0 Å². The lowest BCUT2D eigenvalue weighted by Crippen LogP contribution is -2.26. The number of aryl methyl sites for hydroxylation is 1. The van der Waals surface area contributed by atoms with Crippen molar-refractivity contribution in [3.63, 3.8) is 0 Å². The molecule has 0 aromatic carbocycles. The van der Waals surface area contributed by atoms with Crippen LogP contribution < -0.4 is 9.60 Å². The maximum atomic E-state index is 12.1. The van der Waals surface area contributed by atoms with Crippen molar-refractivity contribution in [3.8, 4) is 0 Å². The van der Waals surface area contributed by atoms with E-state index in [-0.39, 0.29) is 9.08 Å². The molecule has 0 saturated heterocycles. The number of hydrogen-bond acceptors (Lipinski definition) is 5. The topological polar surface area (TPSA) is 108 Å². The minimum absolute atomic E-state index is 0.0165. The third kappa shape index (κ3) is 2.52. The van der Waals surface area contributed by atoms with E-state index in [0.29, 0.717) is 17.0 Å². The molecule has 0 aliphatic heterocycles. The monoisotopic (exact) mass is 288 g/mol. The number of rotatable bonds is 4. The molecule has 0 aliphatic rings. The number of hydrogen-bond donors (Lipinski definition) is 3. The van der Waals surface area contributed by atoms with Crippen LogP contribution in [0.15, 0.2) is 21.4 Å². The van der Waals surface area contributed by atoms with Gasteiger partial charge in [-0.25, -0.2) is 13.1 Å². The molecule has 0 spiro atoms. The molecule has 3 N–H and O–H groups in total. The molecule has 0 bridgehead atoms.